The fourth-order valence-corrected chi connectivity index (χ4v) is 0.951. The fraction of sp³-hybridized carbons (Fsp3) is 0.778. The Labute approximate surface area is 77.3 Å². The van der Waals surface area contributed by atoms with E-state index in [1.165, 1.54) is 13.8 Å². The van der Waals surface area contributed by atoms with Crippen molar-refractivity contribution in [3.63, 3.8) is 0 Å². The SMILES string of the molecule is CCOC(=O)C(=O)C(F)(CC)CC. The van der Waals surface area contributed by atoms with Crippen LogP contribution in [0.4, 0.5) is 4.39 Å². The van der Waals surface area contributed by atoms with Crippen LogP contribution >= 0.6 is 0 Å². The molecule has 0 amide bonds. The molecular weight excluding hydrogens is 175 g/mol. The van der Waals surface area contributed by atoms with Gasteiger partial charge in [0.25, 0.3) is 5.78 Å². The lowest BCUT2D eigenvalue weighted by Gasteiger charge is -2.18. The molecule has 13 heavy (non-hydrogen) atoms. The molecule has 0 saturated heterocycles. The van der Waals surface area contributed by atoms with Gasteiger partial charge in [-0.25, -0.2) is 9.18 Å². The van der Waals surface area contributed by atoms with Crippen molar-refractivity contribution in [2.24, 2.45) is 0 Å². The van der Waals surface area contributed by atoms with E-state index in [0.717, 1.165) is 0 Å². The molecule has 4 heteroatoms. The second-order valence-corrected chi connectivity index (χ2v) is 2.72. The van der Waals surface area contributed by atoms with Crippen LogP contribution < -0.4 is 0 Å². The number of rotatable bonds is 5. The van der Waals surface area contributed by atoms with Crippen molar-refractivity contribution >= 4 is 11.8 Å². The van der Waals surface area contributed by atoms with Crippen molar-refractivity contribution in [3.05, 3.63) is 0 Å². The van der Waals surface area contributed by atoms with Crippen molar-refractivity contribution in [1.82, 2.24) is 0 Å². The van der Waals surface area contributed by atoms with Gasteiger partial charge in [0.1, 0.15) is 0 Å². The number of ether oxygens (including phenoxy) is 1. The highest BCUT2D eigenvalue weighted by atomic mass is 19.1. The Kier molecular flexibility index (Phi) is 4.59. The van der Waals surface area contributed by atoms with Crippen molar-refractivity contribution < 1.29 is 18.7 Å². The zero-order chi connectivity index (χ0) is 10.5. The molecule has 76 valence electrons. The molecule has 0 unspecified atom stereocenters. The summed E-state index contributed by atoms with van der Waals surface area (Å²) in [6.07, 6.45) is 0.00228. The first-order chi connectivity index (χ1) is 6.01. The van der Waals surface area contributed by atoms with Crippen LogP contribution in [-0.4, -0.2) is 24.0 Å². The van der Waals surface area contributed by atoms with E-state index in [1.54, 1.807) is 6.92 Å². The average Bonchev–Trinajstić information content (AvgIpc) is 2.16. The Morgan fingerprint density at radius 1 is 1.23 bits per heavy atom. The molecule has 0 spiro atoms. The molecule has 0 aromatic heterocycles. The minimum atomic E-state index is -2.05. The smallest absolute Gasteiger partial charge is 0.378 e. The third-order valence-electron chi connectivity index (χ3n) is 1.99. The monoisotopic (exact) mass is 190 g/mol. The van der Waals surface area contributed by atoms with Crippen LogP contribution in [0.5, 0.6) is 0 Å². The van der Waals surface area contributed by atoms with Gasteiger partial charge >= 0.3 is 5.97 Å². The number of alkyl halides is 1. The summed E-state index contributed by atoms with van der Waals surface area (Å²) in [7, 11) is 0. The van der Waals surface area contributed by atoms with Gasteiger partial charge in [-0.05, 0) is 19.8 Å². The zero-order valence-electron chi connectivity index (χ0n) is 8.22. The minimum Gasteiger partial charge on any atom is -0.460 e. The summed E-state index contributed by atoms with van der Waals surface area (Å²) in [5.74, 6) is -2.15. The Hall–Kier alpha value is -0.930. The third kappa shape index (κ3) is 2.79. The summed E-state index contributed by atoms with van der Waals surface area (Å²) >= 11 is 0. The highest BCUT2D eigenvalue weighted by molar-refractivity contribution is 6.36. The average molecular weight is 190 g/mol. The van der Waals surface area contributed by atoms with Crippen LogP contribution in [0.2, 0.25) is 0 Å². The second kappa shape index (κ2) is 4.94. The first-order valence-corrected chi connectivity index (χ1v) is 4.42. The van der Waals surface area contributed by atoms with E-state index in [4.69, 9.17) is 0 Å². The number of hydrogen-bond donors (Lipinski definition) is 0. The van der Waals surface area contributed by atoms with Gasteiger partial charge < -0.3 is 4.74 Å². The maximum absolute atomic E-state index is 13.6. The lowest BCUT2D eigenvalue weighted by atomic mass is 9.94. The van der Waals surface area contributed by atoms with Gasteiger partial charge in [-0.2, -0.15) is 0 Å². The van der Waals surface area contributed by atoms with E-state index in [9.17, 15) is 14.0 Å². The molecular formula is C9H15FO3. The first kappa shape index (κ1) is 12.1. The largest absolute Gasteiger partial charge is 0.460 e. The molecule has 0 fully saturated rings. The number of Topliss-reactive ketones (excluding diaryl/α,β-unsaturated/α-hetero) is 1. The van der Waals surface area contributed by atoms with Crippen molar-refractivity contribution in [1.29, 1.82) is 0 Å². The van der Waals surface area contributed by atoms with Gasteiger partial charge in [0.05, 0.1) is 6.61 Å². The molecule has 0 bridgehead atoms. The number of carbonyl (C=O) groups excluding carboxylic acids is 2. The molecule has 0 N–H and O–H groups in total. The molecule has 0 radical (unpaired) electrons. The fourth-order valence-electron chi connectivity index (χ4n) is 0.951. The van der Waals surface area contributed by atoms with Crippen LogP contribution in [0.1, 0.15) is 33.6 Å². The van der Waals surface area contributed by atoms with Gasteiger partial charge in [0, 0.05) is 0 Å². The molecule has 3 nitrogen and oxygen atoms in total. The topological polar surface area (TPSA) is 43.4 Å². The molecule has 0 aromatic rings. The molecule has 0 rings (SSSR count). The van der Waals surface area contributed by atoms with Crippen LogP contribution in [0.3, 0.4) is 0 Å². The summed E-state index contributed by atoms with van der Waals surface area (Å²) in [6.45, 7) is 4.72. The van der Waals surface area contributed by atoms with Crippen molar-refractivity contribution in [3.8, 4) is 0 Å². The summed E-state index contributed by atoms with van der Waals surface area (Å²) < 4.78 is 18.0. The summed E-state index contributed by atoms with van der Waals surface area (Å²) in [4.78, 5) is 22.1. The summed E-state index contributed by atoms with van der Waals surface area (Å²) in [5, 5.41) is 0. The van der Waals surface area contributed by atoms with Crippen molar-refractivity contribution in [2.75, 3.05) is 6.61 Å². The number of carbonyl (C=O) groups is 2. The quantitative estimate of drug-likeness (QED) is 0.489. The lowest BCUT2D eigenvalue weighted by molar-refractivity contribution is -0.159. The van der Waals surface area contributed by atoms with Gasteiger partial charge in [0.2, 0.25) is 0 Å². The van der Waals surface area contributed by atoms with Crippen LogP contribution in [0.25, 0.3) is 0 Å². The first-order valence-electron chi connectivity index (χ1n) is 4.42. The second-order valence-electron chi connectivity index (χ2n) is 2.72. The van der Waals surface area contributed by atoms with E-state index < -0.39 is 17.4 Å². The predicted octanol–water partition coefficient (Wildman–Crippen LogP) is 1.65. The molecule has 0 saturated carbocycles. The number of hydrogen-bond acceptors (Lipinski definition) is 3. The van der Waals surface area contributed by atoms with E-state index in [1.807, 2.05) is 0 Å². The molecule has 0 aliphatic heterocycles. The summed E-state index contributed by atoms with van der Waals surface area (Å²) in [5.41, 5.74) is -2.05. The molecule has 0 aliphatic rings. The standard InChI is InChI=1S/C9H15FO3/c1-4-9(10,5-2)7(11)8(12)13-6-3/h4-6H2,1-3H3. The maximum atomic E-state index is 13.6. The highest BCUT2D eigenvalue weighted by Crippen LogP contribution is 2.22. The van der Waals surface area contributed by atoms with Gasteiger partial charge in [-0.1, -0.05) is 13.8 Å². The normalized spacial score (nSPS) is 11.1. The zero-order valence-corrected chi connectivity index (χ0v) is 8.22. The van der Waals surface area contributed by atoms with E-state index in [0.29, 0.717) is 0 Å². The number of esters is 1. The molecule has 0 atom stereocenters. The summed E-state index contributed by atoms with van der Waals surface area (Å²) in [6, 6.07) is 0. The molecule has 0 heterocycles. The lowest BCUT2D eigenvalue weighted by Crippen LogP contribution is -2.39. The van der Waals surface area contributed by atoms with Crippen LogP contribution in [-0.2, 0) is 14.3 Å². The van der Waals surface area contributed by atoms with Crippen molar-refractivity contribution in [2.45, 2.75) is 39.3 Å². The maximum Gasteiger partial charge on any atom is 0.378 e. The van der Waals surface area contributed by atoms with Gasteiger partial charge in [-0.3, -0.25) is 4.79 Å². The van der Waals surface area contributed by atoms with Gasteiger partial charge in [-0.15, -0.1) is 0 Å². The molecule has 0 aromatic carbocycles. The predicted molar refractivity (Wildman–Crippen MR) is 46.1 cm³/mol. The van der Waals surface area contributed by atoms with Crippen LogP contribution in [0.15, 0.2) is 0 Å². The Balaban J connectivity index is 4.46. The van der Waals surface area contributed by atoms with E-state index >= 15 is 0 Å². The number of halogens is 1. The highest BCUT2D eigenvalue weighted by Gasteiger charge is 2.40. The Morgan fingerprint density at radius 3 is 2.00 bits per heavy atom. The Bertz CT molecular complexity index is 197. The Morgan fingerprint density at radius 2 is 1.69 bits per heavy atom. The van der Waals surface area contributed by atoms with Gasteiger partial charge in [0.15, 0.2) is 5.67 Å². The molecule has 0 aliphatic carbocycles. The third-order valence-corrected chi connectivity index (χ3v) is 1.99. The number of ketones is 1. The van der Waals surface area contributed by atoms with E-state index in [-0.39, 0.29) is 19.4 Å². The minimum absolute atomic E-state index is 0.00114. The van der Waals surface area contributed by atoms with Crippen LogP contribution in [0, 0.1) is 0 Å². The van der Waals surface area contributed by atoms with E-state index in [2.05, 4.69) is 4.74 Å².